The molecule has 1 nitrogen and oxygen atoms in total. The average Bonchev–Trinajstić information content (AvgIpc) is 2.57. The molecule has 1 aromatic carbocycles. The Labute approximate surface area is 69.4 Å². The van der Waals surface area contributed by atoms with E-state index in [9.17, 15) is 4.39 Å². The smallest absolute Gasteiger partial charge is 0.177 e. The van der Waals surface area contributed by atoms with Gasteiger partial charge in [0, 0.05) is 11.1 Å². The van der Waals surface area contributed by atoms with Crippen molar-refractivity contribution < 1.29 is 8.81 Å². The first-order valence-electron chi connectivity index (χ1n) is 3.58. The van der Waals surface area contributed by atoms with Crippen molar-refractivity contribution in [3.63, 3.8) is 0 Å². The molecule has 0 saturated carbocycles. The maximum Gasteiger partial charge on any atom is 0.177 e. The largest absolute Gasteiger partial charge is 0.460 e. The molecule has 1 aromatic heterocycles. The van der Waals surface area contributed by atoms with Gasteiger partial charge in [-0.05, 0) is 12.1 Å². The Hall–Kier alpha value is -1.57. The van der Waals surface area contributed by atoms with Crippen LogP contribution in [0.15, 0.2) is 41.0 Å². The molecule has 59 valence electrons. The van der Waals surface area contributed by atoms with Crippen molar-refractivity contribution in [3.8, 4) is 11.1 Å². The molecule has 2 heteroatoms. The predicted octanol–water partition coefficient (Wildman–Crippen LogP) is 2.89. The molecule has 0 bridgehead atoms. The first-order valence-corrected chi connectivity index (χ1v) is 3.58. The lowest BCUT2D eigenvalue weighted by molar-refractivity contribution is 0.558. The lowest BCUT2D eigenvalue weighted by atomic mass is 10.1. The van der Waals surface area contributed by atoms with Crippen LogP contribution in [-0.2, 0) is 0 Å². The minimum Gasteiger partial charge on any atom is -0.460 e. The molecular weight excluding hydrogens is 155 g/mol. The first kappa shape index (κ1) is 7.10. The molecule has 0 saturated heterocycles. The Morgan fingerprint density at radius 2 is 2.00 bits per heavy atom. The van der Waals surface area contributed by atoms with E-state index in [4.69, 9.17) is 4.42 Å². The van der Waals surface area contributed by atoms with Crippen LogP contribution in [-0.4, -0.2) is 0 Å². The highest BCUT2D eigenvalue weighted by Gasteiger charge is 2.04. The fraction of sp³-hybridized carbons (Fsp3) is 0. The van der Waals surface area contributed by atoms with Crippen LogP contribution in [0.4, 0.5) is 4.39 Å². The van der Waals surface area contributed by atoms with Gasteiger partial charge < -0.3 is 4.42 Å². The molecule has 0 fully saturated rings. The van der Waals surface area contributed by atoms with Crippen LogP contribution in [0.25, 0.3) is 11.1 Å². The topological polar surface area (TPSA) is 13.1 Å². The second-order valence-corrected chi connectivity index (χ2v) is 2.42. The van der Waals surface area contributed by atoms with Gasteiger partial charge in [0.2, 0.25) is 0 Å². The van der Waals surface area contributed by atoms with Gasteiger partial charge >= 0.3 is 0 Å². The van der Waals surface area contributed by atoms with Crippen LogP contribution >= 0.6 is 0 Å². The maximum absolute atomic E-state index is 13.1. The van der Waals surface area contributed by atoms with Crippen LogP contribution in [0.5, 0.6) is 0 Å². The summed E-state index contributed by atoms with van der Waals surface area (Å²) >= 11 is 0. The fourth-order valence-corrected chi connectivity index (χ4v) is 1.06. The molecule has 0 unspecified atom stereocenters. The van der Waals surface area contributed by atoms with Gasteiger partial charge in [-0.1, -0.05) is 18.2 Å². The predicted molar refractivity (Wildman–Crippen MR) is 42.9 cm³/mol. The molecule has 1 heterocycles. The van der Waals surface area contributed by atoms with Crippen molar-refractivity contribution in [1.29, 1.82) is 0 Å². The van der Waals surface area contributed by atoms with Crippen LogP contribution in [0.3, 0.4) is 0 Å². The third kappa shape index (κ3) is 1.11. The molecule has 12 heavy (non-hydrogen) atoms. The number of hydrogen-bond donors (Lipinski definition) is 0. The Morgan fingerprint density at radius 3 is 2.67 bits per heavy atom. The molecule has 2 rings (SSSR count). The highest BCUT2D eigenvalue weighted by molar-refractivity contribution is 5.61. The Kier molecular flexibility index (Phi) is 1.67. The van der Waals surface area contributed by atoms with E-state index >= 15 is 0 Å². The average molecular weight is 161 g/mol. The molecule has 1 radical (unpaired) electrons. The minimum atomic E-state index is -0.254. The Morgan fingerprint density at radius 1 is 1.17 bits per heavy atom. The highest BCUT2D eigenvalue weighted by Crippen LogP contribution is 2.21. The summed E-state index contributed by atoms with van der Waals surface area (Å²) < 4.78 is 17.8. The van der Waals surface area contributed by atoms with Gasteiger partial charge in [0.05, 0.1) is 6.26 Å². The van der Waals surface area contributed by atoms with E-state index in [1.54, 1.807) is 24.3 Å². The van der Waals surface area contributed by atoms with Crippen LogP contribution in [0.1, 0.15) is 0 Å². The quantitative estimate of drug-likeness (QED) is 0.626. The van der Waals surface area contributed by atoms with Gasteiger partial charge in [-0.3, -0.25) is 0 Å². The zero-order chi connectivity index (χ0) is 8.39. The summed E-state index contributed by atoms with van der Waals surface area (Å²) in [6.45, 7) is 0. The summed E-state index contributed by atoms with van der Waals surface area (Å²) in [4.78, 5) is 0. The van der Waals surface area contributed by atoms with Crippen LogP contribution in [0.2, 0.25) is 0 Å². The molecule has 2 aromatic rings. The van der Waals surface area contributed by atoms with E-state index in [0.29, 0.717) is 11.1 Å². The summed E-state index contributed by atoms with van der Waals surface area (Å²) in [7, 11) is 0. The van der Waals surface area contributed by atoms with Crippen molar-refractivity contribution in [2.24, 2.45) is 0 Å². The van der Waals surface area contributed by atoms with E-state index in [1.807, 2.05) is 0 Å². The number of benzene rings is 1. The number of furan rings is 1. The third-order valence-electron chi connectivity index (χ3n) is 1.64. The van der Waals surface area contributed by atoms with Crippen molar-refractivity contribution in [2.45, 2.75) is 0 Å². The van der Waals surface area contributed by atoms with Gasteiger partial charge in [0.1, 0.15) is 5.82 Å². The summed E-state index contributed by atoms with van der Waals surface area (Å²) in [6.07, 6.45) is 4.05. The normalized spacial score (nSPS) is 10.1. The molecule has 0 N–H and O–H groups in total. The number of rotatable bonds is 1. The first-order chi connectivity index (χ1) is 5.88. The van der Waals surface area contributed by atoms with E-state index in [1.165, 1.54) is 12.3 Å². The zero-order valence-electron chi connectivity index (χ0n) is 6.25. The van der Waals surface area contributed by atoms with Crippen molar-refractivity contribution in [3.05, 3.63) is 48.7 Å². The highest BCUT2D eigenvalue weighted by atomic mass is 19.1. The lowest BCUT2D eigenvalue weighted by Gasteiger charge is -1.96. The molecular formula is C10H6FO. The minimum absolute atomic E-state index is 0.254. The summed E-state index contributed by atoms with van der Waals surface area (Å²) in [5, 5.41) is 0. The third-order valence-corrected chi connectivity index (χ3v) is 1.64. The molecule has 0 amide bonds. The fourth-order valence-electron chi connectivity index (χ4n) is 1.06. The van der Waals surface area contributed by atoms with Gasteiger partial charge in [-0.15, -0.1) is 0 Å². The standard InChI is InChI=1S/C10H6FO/c11-10-4-2-1-3-9(10)8-5-6-12-7-8/h1-6H. The summed E-state index contributed by atoms with van der Waals surface area (Å²) in [6, 6.07) is 8.21. The second kappa shape index (κ2) is 2.81. The molecule has 0 aliphatic carbocycles. The summed E-state index contributed by atoms with van der Waals surface area (Å²) in [5.74, 6) is -0.254. The van der Waals surface area contributed by atoms with Crippen molar-refractivity contribution in [1.82, 2.24) is 0 Å². The number of halogens is 1. The second-order valence-electron chi connectivity index (χ2n) is 2.42. The number of hydrogen-bond acceptors (Lipinski definition) is 1. The summed E-state index contributed by atoms with van der Waals surface area (Å²) in [5.41, 5.74) is 1.17. The SMILES string of the molecule is Fc1ccccc1-c1[c]occ1. The molecule has 0 atom stereocenters. The van der Waals surface area contributed by atoms with Crippen LogP contribution < -0.4 is 0 Å². The van der Waals surface area contributed by atoms with Gasteiger partial charge in [-0.25, -0.2) is 4.39 Å². The lowest BCUT2D eigenvalue weighted by Crippen LogP contribution is -1.79. The van der Waals surface area contributed by atoms with Crippen molar-refractivity contribution in [2.75, 3.05) is 0 Å². The monoisotopic (exact) mass is 161 g/mol. The van der Waals surface area contributed by atoms with Crippen LogP contribution in [0, 0.1) is 12.1 Å². The molecule has 0 spiro atoms. The zero-order valence-corrected chi connectivity index (χ0v) is 6.25. The van der Waals surface area contributed by atoms with Gasteiger partial charge in [-0.2, -0.15) is 0 Å². The van der Waals surface area contributed by atoms with E-state index in [0.717, 1.165) is 0 Å². The maximum atomic E-state index is 13.1. The Balaban J connectivity index is 2.55. The van der Waals surface area contributed by atoms with E-state index in [-0.39, 0.29) is 5.82 Å². The van der Waals surface area contributed by atoms with Gasteiger partial charge in [0.15, 0.2) is 6.26 Å². The molecule has 0 aliphatic rings. The van der Waals surface area contributed by atoms with E-state index < -0.39 is 0 Å². The van der Waals surface area contributed by atoms with E-state index in [2.05, 4.69) is 6.26 Å². The molecule has 0 aliphatic heterocycles. The van der Waals surface area contributed by atoms with Crippen molar-refractivity contribution >= 4 is 0 Å². The van der Waals surface area contributed by atoms with Gasteiger partial charge in [0.25, 0.3) is 0 Å². The Bertz CT molecular complexity index is 365.